The standard InChI is InChI=1S/C8H5BrClNO3S/c9-8-6(4-12)5(3-11)1-2-7(8)15(10,13)14/h1-2,12H,4H2. The summed E-state index contributed by atoms with van der Waals surface area (Å²) >= 11 is 2.99. The third-order valence-electron chi connectivity index (χ3n) is 1.75. The first-order valence-corrected chi connectivity index (χ1v) is 6.79. The molecule has 1 aromatic carbocycles. The fourth-order valence-corrected chi connectivity index (χ4v) is 3.39. The van der Waals surface area contributed by atoms with Crippen LogP contribution in [0.2, 0.25) is 0 Å². The van der Waals surface area contributed by atoms with Crippen molar-refractivity contribution in [1.82, 2.24) is 0 Å². The summed E-state index contributed by atoms with van der Waals surface area (Å²) in [4.78, 5) is -0.160. The van der Waals surface area contributed by atoms with Crippen molar-refractivity contribution in [1.29, 1.82) is 5.26 Å². The fraction of sp³-hybridized carbons (Fsp3) is 0.125. The van der Waals surface area contributed by atoms with Crippen LogP contribution in [-0.4, -0.2) is 13.5 Å². The molecule has 15 heavy (non-hydrogen) atoms. The number of benzene rings is 1. The molecular formula is C8H5BrClNO3S. The zero-order valence-electron chi connectivity index (χ0n) is 7.24. The topological polar surface area (TPSA) is 78.2 Å². The van der Waals surface area contributed by atoms with Crippen LogP contribution in [0.1, 0.15) is 11.1 Å². The van der Waals surface area contributed by atoms with E-state index < -0.39 is 15.7 Å². The summed E-state index contributed by atoms with van der Waals surface area (Å²) in [5.41, 5.74) is 0.410. The molecule has 0 saturated carbocycles. The highest BCUT2D eigenvalue weighted by Gasteiger charge is 2.18. The molecule has 1 rings (SSSR count). The number of aliphatic hydroxyl groups excluding tert-OH is 1. The van der Waals surface area contributed by atoms with Crippen molar-refractivity contribution in [3.8, 4) is 6.07 Å². The maximum Gasteiger partial charge on any atom is 0.262 e. The molecule has 0 aliphatic heterocycles. The van der Waals surface area contributed by atoms with Gasteiger partial charge in [-0.15, -0.1) is 0 Å². The molecule has 0 aliphatic rings. The summed E-state index contributed by atoms with van der Waals surface area (Å²) in [5, 5.41) is 17.7. The van der Waals surface area contributed by atoms with Crippen LogP contribution in [-0.2, 0) is 15.7 Å². The summed E-state index contributed by atoms with van der Waals surface area (Å²) in [6.45, 7) is -0.441. The molecule has 1 N–H and O–H groups in total. The Morgan fingerprint density at radius 2 is 2.13 bits per heavy atom. The largest absolute Gasteiger partial charge is 0.392 e. The van der Waals surface area contributed by atoms with Crippen LogP contribution >= 0.6 is 26.6 Å². The predicted molar refractivity (Wildman–Crippen MR) is 57.8 cm³/mol. The number of halogens is 2. The van der Waals surface area contributed by atoms with Crippen LogP contribution < -0.4 is 0 Å². The number of hydrogen-bond acceptors (Lipinski definition) is 4. The molecule has 1 aromatic rings. The van der Waals surface area contributed by atoms with Gasteiger partial charge in [0, 0.05) is 20.7 Å². The molecule has 0 saturated heterocycles. The number of nitriles is 1. The van der Waals surface area contributed by atoms with E-state index in [9.17, 15) is 8.42 Å². The third kappa shape index (κ3) is 2.49. The van der Waals surface area contributed by atoms with E-state index in [-0.39, 0.29) is 20.5 Å². The Hall–Kier alpha value is -0.610. The van der Waals surface area contributed by atoms with Gasteiger partial charge in [-0.25, -0.2) is 8.42 Å². The van der Waals surface area contributed by atoms with Gasteiger partial charge in [-0.05, 0) is 28.1 Å². The van der Waals surface area contributed by atoms with E-state index in [0.717, 1.165) is 0 Å². The second kappa shape index (κ2) is 4.49. The number of aliphatic hydroxyl groups is 1. The first kappa shape index (κ1) is 12.5. The van der Waals surface area contributed by atoms with E-state index in [1.807, 2.05) is 6.07 Å². The van der Waals surface area contributed by atoms with E-state index in [2.05, 4.69) is 15.9 Å². The highest BCUT2D eigenvalue weighted by atomic mass is 79.9. The van der Waals surface area contributed by atoms with Gasteiger partial charge in [0.25, 0.3) is 9.05 Å². The molecule has 0 bridgehead atoms. The van der Waals surface area contributed by atoms with Crippen molar-refractivity contribution in [3.05, 3.63) is 27.7 Å². The molecule has 0 unspecified atom stereocenters. The van der Waals surface area contributed by atoms with Gasteiger partial charge in [-0.2, -0.15) is 5.26 Å². The molecule has 0 radical (unpaired) electrons. The normalized spacial score (nSPS) is 11.1. The molecule has 0 aliphatic carbocycles. The highest BCUT2D eigenvalue weighted by Crippen LogP contribution is 2.30. The van der Waals surface area contributed by atoms with E-state index in [1.54, 1.807) is 0 Å². The van der Waals surface area contributed by atoms with Crippen molar-refractivity contribution in [3.63, 3.8) is 0 Å². The van der Waals surface area contributed by atoms with Gasteiger partial charge >= 0.3 is 0 Å². The average Bonchev–Trinajstić information content (AvgIpc) is 2.15. The molecule has 4 nitrogen and oxygen atoms in total. The van der Waals surface area contributed by atoms with Gasteiger partial charge in [0.2, 0.25) is 0 Å². The van der Waals surface area contributed by atoms with Crippen LogP contribution in [0.25, 0.3) is 0 Å². The lowest BCUT2D eigenvalue weighted by molar-refractivity contribution is 0.280. The summed E-state index contributed by atoms with van der Waals surface area (Å²) in [7, 11) is 1.28. The highest BCUT2D eigenvalue weighted by molar-refractivity contribution is 9.10. The van der Waals surface area contributed by atoms with Crippen molar-refractivity contribution in [2.75, 3.05) is 0 Å². The molecule has 0 aromatic heterocycles. The Morgan fingerprint density at radius 3 is 2.53 bits per heavy atom. The van der Waals surface area contributed by atoms with E-state index in [0.29, 0.717) is 0 Å². The Morgan fingerprint density at radius 1 is 1.53 bits per heavy atom. The van der Waals surface area contributed by atoms with E-state index >= 15 is 0 Å². The summed E-state index contributed by atoms with van der Waals surface area (Å²) < 4.78 is 22.3. The van der Waals surface area contributed by atoms with Gasteiger partial charge in [0.05, 0.1) is 23.1 Å². The molecule has 0 amide bonds. The lowest BCUT2D eigenvalue weighted by Crippen LogP contribution is -1.99. The van der Waals surface area contributed by atoms with Gasteiger partial charge in [0.15, 0.2) is 0 Å². The second-order valence-corrected chi connectivity index (χ2v) is 5.94. The monoisotopic (exact) mass is 309 g/mol. The molecule has 7 heteroatoms. The molecule has 0 atom stereocenters. The summed E-state index contributed by atoms with van der Waals surface area (Å²) in [5.74, 6) is 0. The summed E-state index contributed by atoms with van der Waals surface area (Å²) in [6, 6.07) is 4.35. The van der Waals surface area contributed by atoms with Crippen LogP contribution in [0.15, 0.2) is 21.5 Å². The lowest BCUT2D eigenvalue weighted by atomic mass is 10.1. The maximum absolute atomic E-state index is 11.1. The van der Waals surface area contributed by atoms with Crippen molar-refractivity contribution in [2.45, 2.75) is 11.5 Å². The van der Waals surface area contributed by atoms with Gasteiger partial charge in [0.1, 0.15) is 0 Å². The molecule has 80 valence electrons. The SMILES string of the molecule is N#Cc1ccc(S(=O)(=O)Cl)c(Br)c1CO. The number of nitrogens with zero attached hydrogens (tertiary/aromatic N) is 1. The first-order valence-electron chi connectivity index (χ1n) is 3.68. The zero-order chi connectivity index (χ0) is 11.6. The number of hydrogen-bond donors (Lipinski definition) is 1. The predicted octanol–water partition coefficient (Wildman–Crippen LogP) is 1.74. The quantitative estimate of drug-likeness (QED) is 0.844. The van der Waals surface area contributed by atoms with Crippen molar-refractivity contribution >= 4 is 35.7 Å². The third-order valence-corrected chi connectivity index (χ3v) is 4.28. The first-order chi connectivity index (χ1) is 6.91. The van der Waals surface area contributed by atoms with E-state index in [4.69, 9.17) is 21.1 Å². The zero-order valence-corrected chi connectivity index (χ0v) is 10.4. The minimum Gasteiger partial charge on any atom is -0.392 e. The van der Waals surface area contributed by atoms with Crippen molar-refractivity contribution < 1.29 is 13.5 Å². The summed E-state index contributed by atoms with van der Waals surface area (Å²) in [6.07, 6.45) is 0. The van der Waals surface area contributed by atoms with Crippen LogP contribution in [0.4, 0.5) is 0 Å². The minimum absolute atomic E-state index is 0.124. The van der Waals surface area contributed by atoms with Gasteiger partial charge in [-0.3, -0.25) is 0 Å². The molecule has 0 fully saturated rings. The smallest absolute Gasteiger partial charge is 0.262 e. The average molecular weight is 311 g/mol. The van der Waals surface area contributed by atoms with Crippen LogP contribution in [0.5, 0.6) is 0 Å². The Labute approximate surface area is 99.6 Å². The Balaban J connectivity index is 3.59. The van der Waals surface area contributed by atoms with Gasteiger partial charge < -0.3 is 5.11 Å². The minimum atomic E-state index is -3.89. The lowest BCUT2D eigenvalue weighted by Gasteiger charge is -2.06. The molecule has 0 heterocycles. The molecular weight excluding hydrogens is 306 g/mol. The van der Waals surface area contributed by atoms with Crippen LogP contribution in [0.3, 0.4) is 0 Å². The van der Waals surface area contributed by atoms with Crippen LogP contribution in [0, 0.1) is 11.3 Å². The molecule has 0 spiro atoms. The number of rotatable bonds is 2. The Kier molecular flexibility index (Phi) is 3.73. The van der Waals surface area contributed by atoms with Gasteiger partial charge in [-0.1, -0.05) is 0 Å². The van der Waals surface area contributed by atoms with E-state index in [1.165, 1.54) is 12.1 Å². The Bertz CT molecular complexity index is 536. The second-order valence-electron chi connectivity index (χ2n) is 2.61. The fourth-order valence-electron chi connectivity index (χ4n) is 1.05. The van der Waals surface area contributed by atoms with Crippen molar-refractivity contribution in [2.24, 2.45) is 0 Å². The maximum atomic E-state index is 11.1.